The molecule has 0 aliphatic carbocycles. The zero-order chi connectivity index (χ0) is 17.1. The fourth-order valence-corrected chi connectivity index (χ4v) is 3.76. The predicted octanol–water partition coefficient (Wildman–Crippen LogP) is 2.22. The lowest BCUT2D eigenvalue weighted by molar-refractivity contribution is 0.0992. The number of nitrogens with one attached hydrogen (secondary N) is 2. The lowest BCUT2D eigenvalue weighted by Gasteiger charge is -2.22. The molecule has 0 spiro atoms. The Morgan fingerprint density at radius 2 is 2.08 bits per heavy atom. The summed E-state index contributed by atoms with van der Waals surface area (Å²) in [4.78, 5) is 4.75. The van der Waals surface area contributed by atoms with Gasteiger partial charge in [-0.2, -0.15) is 0 Å². The molecule has 1 aromatic rings. The minimum Gasteiger partial charge on any atom is -0.490 e. The molecule has 6 heteroatoms. The molecule has 2 fully saturated rings. The van der Waals surface area contributed by atoms with E-state index in [0.29, 0.717) is 38.0 Å². The predicted molar refractivity (Wildman–Crippen MR) is 96.3 cm³/mol. The highest BCUT2D eigenvalue weighted by atomic mass is 16.5. The molecule has 2 bridgehead atoms. The number of rotatable bonds is 4. The molecule has 0 saturated carbocycles. The normalized spacial score (nSPS) is 27.9. The average Bonchev–Trinajstić information content (AvgIpc) is 3.16. The van der Waals surface area contributed by atoms with E-state index in [4.69, 9.17) is 19.2 Å². The molecule has 3 atom stereocenters. The van der Waals surface area contributed by atoms with E-state index < -0.39 is 0 Å². The average molecular weight is 345 g/mol. The minimum atomic E-state index is 0.340. The van der Waals surface area contributed by atoms with Crippen LogP contribution in [0.3, 0.4) is 0 Å². The highest BCUT2D eigenvalue weighted by Crippen LogP contribution is 2.34. The van der Waals surface area contributed by atoms with Crippen LogP contribution >= 0.6 is 0 Å². The molecule has 25 heavy (non-hydrogen) atoms. The first-order valence-electron chi connectivity index (χ1n) is 9.40. The summed E-state index contributed by atoms with van der Waals surface area (Å²) in [6.07, 6.45) is 5.14. The van der Waals surface area contributed by atoms with E-state index in [1.165, 1.54) is 6.42 Å². The number of hydrogen-bond acceptors (Lipinski definition) is 4. The van der Waals surface area contributed by atoms with Gasteiger partial charge in [-0.3, -0.25) is 0 Å². The molecule has 3 aliphatic heterocycles. The van der Waals surface area contributed by atoms with Crippen molar-refractivity contribution in [3.63, 3.8) is 0 Å². The maximum absolute atomic E-state index is 5.93. The Morgan fingerprint density at radius 1 is 1.20 bits per heavy atom. The van der Waals surface area contributed by atoms with Crippen LogP contribution in [0.4, 0.5) is 0 Å². The third-order valence-electron chi connectivity index (χ3n) is 5.00. The molecular formula is C19H27N3O3. The molecular weight excluding hydrogens is 318 g/mol. The van der Waals surface area contributed by atoms with Crippen LogP contribution in [0.25, 0.3) is 0 Å². The molecule has 0 aromatic heterocycles. The largest absolute Gasteiger partial charge is 0.490 e. The Bertz CT molecular complexity index is 634. The van der Waals surface area contributed by atoms with Crippen molar-refractivity contribution in [2.45, 2.75) is 57.4 Å². The van der Waals surface area contributed by atoms with Crippen molar-refractivity contribution in [1.82, 2.24) is 10.6 Å². The van der Waals surface area contributed by atoms with Crippen molar-refractivity contribution in [2.24, 2.45) is 4.99 Å². The van der Waals surface area contributed by atoms with Crippen LogP contribution < -0.4 is 20.1 Å². The number of aliphatic imine (C=N–C) groups is 1. The smallest absolute Gasteiger partial charge is 0.191 e. The summed E-state index contributed by atoms with van der Waals surface area (Å²) in [7, 11) is 0. The van der Waals surface area contributed by atoms with E-state index in [1.54, 1.807) is 0 Å². The van der Waals surface area contributed by atoms with E-state index in [0.717, 1.165) is 48.8 Å². The van der Waals surface area contributed by atoms with E-state index in [9.17, 15) is 0 Å². The molecule has 2 saturated heterocycles. The highest BCUT2D eigenvalue weighted by molar-refractivity contribution is 5.80. The molecule has 3 aliphatic rings. The van der Waals surface area contributed by atoms with Crippen molar-refractivity contribution in [1.29, 1.82) is 0 Å². The third-order valence-corrected chi connectivity index (χ3v) is 5.00. The Labute approximate surface area is 148 Å². The van der Waals surface area contributed by atoms with Crippen molar-refractivity contribution in [2.75, 3.05) is 19.8 Å². The monoisotopic (exact) mass is 345 g/mol. The van der Waals surface area contributed by atoms with Gasteiger partial charge in [-0.1, -0.05) is 6.07 Å². The molecule has 3 unspecified atom stereocenters. The first kappa shape index (κ1) is 16.5. The van der Waals surface area contributed by atoms with Crippen LogP contribution in [-0.2, 0) is 11.3 Å². The van der Waals surface area contributed by atoms with Gasteiger partial charge in [0, 0.05) is 13.0 Å². The van der Waals surface area contributed by atoms with Gasteiger partial charge in [-0.15, -0.1) is 0 Å². The maximum atomic E-state index is 5.93. The van der Waals surface area contributed by atoms with Crippen LogP contribution in [0.1, 0.15) is 38.2 Å². The van der Waals surface area contributed by atoms with Gasteiger partial charge in [0.1, 0.15) is 0 Å². The fourth-order valence-electron chi connectivity index (χ4n) is 3.76. The first-order valence-corrected chi connectivity index (χ1v) is 9.40. The summed E-state index contributed by atoms with van der Waals surface area (Å²) in [5.74, 6) is 2.51. The number of hydrogen-bond donors (Lipinski definition) is 2. The zero-order valence-corrected chi connectivity index (χ0v) is 14.8. The second-order valence-corrected chi connectivity index (χ2v) is 6.89. The summed E-state index contributed by atoms with van der Waals surface area (Å²) in [6.45, 7) is 4.95. The Kier molecular flexibility index (Phi) is 4.97. The Balaban J connectivity index is 1.41. The molecule has 6 nitrogen and oxygen atoms in total. The minimum absolute atomic E-state index is 0.340. The van der Waals surface area contributed by atoms with Crippen LogP contribution in [0.15, 0.2) is 23.2 Å². The number of ether oxygens (including phenoxy) is 3. The number of nitrogens with zero attached hydrogens (tertiary/aromatic N) is 1. The van der Waals surface area contributed by atoms with Gasteiger partial charge in [-0.05, 0) is 43.9 Å². The van der Waals surface area contributed by atoms with Gasteiger partial charge in [0.25, 0.3) is 0 Å². The van der Waals surface area contributed by atoms with Crippen LogP contribution in [-0.4, -0.2) is 44.0 Å². The van der Waals surface area contributed by atoms with Crippen molar-refractivity contribution >= 4 is 5.96 Å². The zero-order valence-electron chi connectivity index (χ0n) is 14.8. The Hall–Kier alpha value is -1.95. The van der Waals surface area contributed by atoms with E-state index in [1.807, 2.05) is 12.1 Å². The quantitative estimate of drug-likeness (QED) is 0.647. The molecule has 3 heterocycles. The standard InChI is InChI=1S/C19H27N3O3/c1-2-20-19(22-15-11-14-5-7-16(15)25-14)21-12-13-4-6-17-18(10-13)24-9-3-8-23-17/h4,6,10,14-16H,2-3,5,7-9,11-12H2,1H3,(H2,20,21,22). The number of fused-ring (bicyclic) bond motifs is 3. The molecule has 2 N–H and O–H groups in total. The van der Waals surface area contributed by atoms with Gasteiger partial charge in [-0.25, -0.2) is 4.99 Å². The molecule has 136 valence electrons. The van der Waals surface area contributed by atoms with Gasteiger partial charge < -0.3 is 24.8 Å². The number of guanidine groups is 1. The second kappa shape index (κ2) is 7.52. The first-order chi connectivity index (χ1) is 12.3. The Morgan fingerprint density at radius 3 is 2.84 bits per heavy atom. The molecule has 0 amide bonds. The van der Waals surface area contributed by atoms with Gasteiger partial charge in [0.2, 0.25) is 0 Å². The lowest BCUT2D eigenvalue weighted by Crippen LogP contribution is -2.47. The topological polar surface area (TPSA) is 64.1 Å². The number of benzene rings is 1. The van der Waals surface area contributed by atoms with E-state index >= 15 is 0 Å². The fraction of sp³-hybridized carbons (Fsp3) is 0.632. The third kappa shape index (κ3) is 3.84. The van der Waals surface area contributed by atoms with Gasteiger partial charge in [0.15, 0.2) is 17.5 Å². The van der Waals surface area contributed by atoms with Crippen molar-refractivity contribution in [3.8, 4) is 11.5 Å². The van der Waals surface area contributed by atoms with Crippen LogP contribution in [0, 0.1) is 0 Å². The summed E-state index contributed by atoms with van der Waals surface area (Å²) < 4.78 is 17.4. The molecule has 1 aromatic carbocycles. The van der Waals surface area contributed by atoms with Gasteiger partial charge in [0.05, 0.1) is 38.0 Å². The molecule has 4 rings (SSSR count). The summed E-state index contributed by atoms with van der Waals surface area (Å²) >= 11 is 0. The van der Waals surface area contributed by atoms with Crippen LogP contribution in [0.5, 0.6) is 11.5 Å². The van der Waals surface area contributed by atoms with Crippen molar-refractivity contribution < 1.29 is 14.2 Å². The van der Waals surface area contributed by atoms with E-state index in [-0.39, 0.29) is 0 Å². The highest BCUT2D eigenvalue weighted by Gasteiger charge is 2.41. The summed E-state index contributed by atoms with van der Waals surface area (Å²) in [6, 6.07) is 6.45. The SMILES string of the molecule is CCNC(=NCc1ccc2c(c1)OCCCO2)NC1CC2CCC1O2. The van der Waals surface area contributed by atoms with E-state index in [2.05, 4.69) is 23.6 Å². The second-order valence-electron chi connectivity index (χ2n) is 6.89. The maximum Gasteiger partial charge on any atom is 0.191 e. The van der Waals surface area contributed by atoms with Gasteiger partial charge >= 0.3 is 0 Å². The van der Waals surface area contributed by atoms with Crippen molar-refractivity contribution in [3.05, 3.63) is 23.8 Å². The summed E-state index contributed by atoms with van der Waals surface area (Å²) in [5.41, 5.74) is 1.12. The summed E-state index contributed by atoms with van der Waals surface area (Å²) in [5, 5.41) is 6.89. The lowest BCUT2D eigenvalue weighted by atomic mass is 9.96. The van der Waals surface area contributed by atoms with Crippen LogP contribution in [0.2, 0.25) is 0 Å². The molecule has 0 radical (unpaired) electrons.